The van der Waals surface area contributed by atoms with Crippen molar-refractivity contribution in [2.75, 3.05) is 11.9 Å². The fourth-order valence-electron chi connectivity index (χ4n) is 4.86. The number of rotatable bonds is 9. The molecule has 4 nitrogen and oxygen atoms in total. The second-order valence-corrected chi connectivity index (χ2v) is 9.12. The van der Waals surface area contributed by atoms with Crippen LogP contribution in [0.3, 0.4) is 0 Å². The molecule has 4 aromatic carbocycles. The maximum atomic E-state index is 13.8. The van der Waals surface area contributed by atoms with Gasteiger partial charge in [0.05, 0.1) is 12.2 Å². The first-order valence-corrected chi connectivity index (χ1v) is 12.6. The van der Waals surface area contributed by atoms with Crippen molar-refractivity contribution >= 4 is 22.4 Å². The molecule has 0 saturated carbocycles. The van der Waals surface area contributed by atoms with Gasteiger partial charge >= 0.3 is 0 Å². The first kappa shape index (κ1) is 23.0. The number of carbonyl (C=O) groups excluding carboxylic acids is 1. The third-order valence-electron chi connectivity index (χ3n) is 6.68. The number of unbranched alkanes of at least 4 members (excludes halogenated alkanes) is 3. The molecule has 1 unspecified atom stereocenters. The van der Waals surface area contributed by atoms with Crippen molar-refractivity contribution in [3.8, 4) is 5.75 Å². The van der Waals surface area contributed by atoms with E-state index in [-0.39, 0.29) is 12.1 Å². The van der Waals surface area contributed by atoms with E-state index in [1.54, 1.807) is 0 Å². The molecule has 1 atom stereocenters. The molecule has 35 heavy (non-hydrogen) atoms. The van der Waals surface area contributed by atoms with Gasteiger partial charge < -0.3 is 15.0 Å². The topological polar surface area (TPSA) is 41.6 Å². The molecule has 1 aliphatic rings. The molecule has 1 amide bonds. The van der Waals surface area contributed by atoms with E-state index in [9.17, 15) is 4.79 Å². The maximum absolute atomic E-state index is 13.8. The lowest BCUT2D eigenvalue weighted by Crippen LogP contribution is -2.42. The summed E-state index contributed by atoms with van der Waals surface area (Å²) in [5.74, 6) is 0.859. The number of benzene rings is 4. The van der Waals surface area contributed by atoms with Crippen LogP contribution in [0.2, 0.25) is 0 Å². The van der Waals surface area contributed by atoms with Crippen LogP contribution >= 0.6 is 0 Å². The third kappa shape index (κ3) is 4.88. The largest absolute Gasteiger partial charge is 0.493 e. The SMILES string of the molecule is CCCCCCOc1ccc2ccccc2c1C1Nc2ccccc2C(=O)N1Cc1ccccc1. The quantitative estimate of drug-likeness (QED) is 0.260. The summed E-state index contributed by atoms with van der Waals surface area (Å²) in [7, 11) is 0. The van der Waals surface area contributed by atoms with Gasteiger partial charge in [-0.05, 0) is 41.0 Å². The summed E-state index contributed by atoms with van der Waals surface area (Å²) < 4.78 is 6.39. The Labute approximate surface area is 207 Å². The van der Waals surface area contributed by atoms with Crippen LogP contribution in [0.4, 0.5) is 5.69 Å². The van der Waals surface area contributed by atoms with Gasteiger partial charge in [-0.3, -0.25) is 4.79 Å². The number of nitrogens with zero attached hydrogens (tertiary/aromatic N) is 1. The van der Waals surface area contributed by atoms with Crippen molar-refractivity contribution in [1.29, 1.82) is 0 Å². The molecule has 1 heterocycles. The monoisotopic (exact) mass is 464 g/mol. The fourth-order valence-corrected chi connectivity index (χ4v) is 4.86. The number of fused-ring (bicyclic) bond motifs is 2. The van der Waals surface area contributed by atoms with Crippen molar-refractivity contribution in [2.24, 2.45) is 0 Å². The zero-order valence-corrected chi connectivity index (χ0v) is 20.2. The van der Waals surface area contributed by atoms with Gasteiger partial charge in [0.1, 0.15) is 11.9 Å². The molecule has 178 valence electrons. The molecule has 1 N–H and O–H groups in total. The molecule has 5 rings (SSSR count). The lowest BCUT2D eigenvalue weighted by molar-refractivity contribution is 0.0665. The highest BCUT2D eigenvalue weighted by Gasteiger charge is 2.35. The summed E-state index contributed by atoms with van der Waals surface area (Å²) in [5, 5.41) is 5.91. The average Bonchev–Trinajstić information content (AvgIpc) is 2.90. The molecule has 0 radical (unpaired) electrons. The minimum Gasteiger partial charge on any atom is -0.493 e. The fraction of sp³-hybridized carbons (Fsp3) is 0.258. The van der Waals surface area contributed by atoms with Gasteiger partial charge in [0.15, 0.2) is 0 Å². The summed E-state index contributed by atoms with van der Waals surface area (Å²) in [5.41, 5.74) is 3.65. The smallest absolute Gasteiger partial charge is 0.258 e. The molecule has 4 aromatic rings. The van der Waals surface area contributed by atoms with Gasteiger partial charge in [0.25, 0.3) is 5.91 Å². The van der Waals surface area contributed by atoms with E-state index in [0.29, 0.717) is 18.7 Å². The predicted molar refractivity (Wildman–Crippen MR) is 143 cm³/mol. The molecule has 0 spiro atoms. The van der Waals surface area contributed by atoms with E-state index in [0.717, 1.165) is 46.2 Å². The zero-order valence-electron chi connectivity index (χ0n) is 20.2. The molecule has 0 bridgehead atoms. The Morgan fingerprint density at radius 2 is 1.60 bits per heavy atom. The Bertz CT molecular complexity index is 1300. The van der Waals surface area contributed by atoms with Gasteiger partial charge in [-0.25, -0.2) is 0 Å². The number of ether oxygens (including phenoxy) is 1. The third-order valence-corrected chi connectivity index (χ3v) is 6.68. The lowest BCUT2D eigenvalue weighted by Gasteiger charge is -2.39. The molecule has 0 aromatic heterocycles. The number of anilines is 1. The lowest BCUT2D eigenvalue weighted by atomic mass is 9.97. The van der Waals surface area contributed by atoms with E-state index in [2.05, 4.69) is 54.7 Å². The standard InChI is InChI=1S/C31H32N2O2/c1-2-3-4-12-21-35-28-20-19-24-15-8-9-16-25(24)29(28)30-32-27-18-11-10-17-26(27)31(34)33(30)22-23-13-6-5-7-14-23/h5-11,13-20,30,32H,2-4,12,21-22H2,1H3. The molecule has 4 heteroatoms. The zero-order chi connectivity index (χ0) is 24.0. The van der Waals surface area contributed by atoms with E-state index in [1.165, 1.54) is 12.8 Å². The number of para-hydroxylation sites is 1. The minimum absolute atomic E-state index is 0.0232. The Morgan fingerprint density at radius 3 is 2.46 bits per heavy atom. The van der Waals surface area contributed by atoms with Crippen LogP contribution in [0.5, 0.6) is 5.75 Å². The van der Waals surface area contributed by atoms with Crippen LogP contribution in [0.15, 0.2) is 91.0 Å². The van der Waals surface area contributed by atoms with Crippen LogP contribution in [0.1, 0.15) is 60.3 Å². The summed E-state index contributed by atoms with van der Waals surface area (Å²) in [6, 6.07) is 30.5. The van der Waals surface area contributed by atoms with E-state index in [4.69, 9.17) is 4.74 Å². The summed E-state index contributed by atoms with van der Waals surface area (Å²) in [6.45, 7) is 3.39. The molecular formula is C31H32N2O2. The highest BCUT2D eigenvalue weighted by molar-refractivity contribution is 6.02. The second kappa shape index (κ2) is 10.6. The Balaban J connectivity index is 1.59. The van der Waals surface area contributed by atoms with E-state index in [1.807, 2.05) is 53.4 Å². The molecule has 0 fully saturated rings. The first-order valence-electron chi connectivity index (χ1n) is 12.6. The van der Waals surface area contributed by atoms with Gasteiger partial charge in [-0.1, -0.05) is 99.0 Å². The van der Waals surface area contributed by atoms with Crippen LogP contribution in [0.25, 0.3) is 10.8 Å². The van der Waals surface area contributed by atoms with Crippen molar-refractivity contribution in [3.63, 3.8) is 0 Å². The highest BCUT2D eigenvalue weighted by Crippen LogP contribution is 2.41. The van der Waals surface area contributed by atoms with Crippen LogP contribution in [0, 0.1) is 0 Å². The number of hydrogen-bond acceptors (Lipinski definition) is 3. The van der Waals surface area contributed by atoms with Gasteiger partial charge in [0, 0.05) is 17.8 Å². The Morgan fingerprint density at radius 1 is 0.829 bits per heavy atom. The average molecular weight is 465 g/mol. The van der Waals surface area contributed by atoms with Crippen LogP contribution < -0.4 is 10.1 Å². The van der Waals surface area contributed by atoms with Crippen molar-refractivity contribution in [2.45, 2.75) is 45.3 Å². The van der Waals surface area contributed by atoms with Crippen molar-refractivity contribution in [3.05, 3.63) is 108 Å². The normalized spacial score (nSPS) is 15.1. The van der Waals surface area contributed by atoms with Gasteiger partial charge in [-0.2, -0.15) is 0 Å². The summed E-state index contributed by atoms with van der Waals surface area (Å²) >= 11 is 0. The van der Waals surface area contributed by atoms with Crippen LogP contribution in [-0.4, -0.2) is 17.4 Å². The van der Waals surface area contributed by atoms with E-state index >= 15 is 0 Å². The van der Waals surface area contributed by atoms with Gasteiger partial charge in [-0.15, -0.1) is 0 Å². The summed E-state index contributed by atoms with van der Waals surface area (Å²) in [4.78, 5) is 15.8. The van der Waals surface area contributed by atoms with Crippen LogP contribution in [-0.2, 0) is 6.54 Å². The highest BCUT2D eigenvalue weighted by atomic mass is 16.5. The molecular weight excluding hydrogens is 432 g/mol. The first-order chi connectivity index (χ1) is 17.3. The summed E-state index contributed by atoms with van der Waals surface area (Å²) in [6.07, 6.45) is 4.24. The number of carbonyl (C=O) groups is 1. The predicted octanol–water partition coefficient (Wildman–Crippen LogP) is 7.57. The van der Waals surface area contributed by atoms with E-state index < -0.39 is 0 Å². The minimum atomic E-state index is -0.352. The van der Waals surface area contributed by atoms with Crippen molar-refractivity contribution in [1.82, 2.24) is 4.90 Å². The molecule has 1 aliphatic heterocycles. The number of nitrogens with one attached hydrogen (secondary N) is 1. The number of hydrogen-bond donors (Lipinski definition) is 1. The molecule has 0 saturated heterocycles. The van der Waals surface area contributed by atoms with Crippen molar-refractivity contribution < 1.29 is 9.53 Å². The molecule has 0 aliphatic carbocycles. The van der Waals surface area contributed by atoms with Gasteiger partial charge in [0.2, 0.25) is 0 Å². The maximum Gasteiger partial charge on any atom is 0.258 e. The Kier molecular flexibility index (Phi) is 6.99. The second-order valence-electron chi connectivity index (χ2n) is 9.12. The Hall–Kier alpha value is -3.79. The number of amides is 1.